The van der Waals surface area contributed by atoms with Crippen molar-refractivity contribution in [1.82, 2.24) is 4.90 Å². The molecule has 3 aliphatic rings. The van der Waals surface area contributed by atoms with Crippen LogP contribution in [0, 0.1) is 11.1 Å². The molecule has 0 radical (unpaired) electrons. The molecule has 0 spiro atoms. The highest BCUT2D eigenvalue weighted by Crippen LogP contribution is 2.42. The Hall–Kier alpha value is -4.23. The number of halogens is 2. The molecule has 2 aromatic carbocycles. The summed E-state index contributed by atoms with van der Waals surface area (Å²) in [6.07, 6.45) is 3.51. The van der Waals surface area contributed by atoms with Gasteiger partial charge in [-0.2, -0.15) is 4.73 Å². The summed E-state index contributed by atoms with van der Waals surface area (Å²) in [5.74, 6) is -0.731. The fraction of sp³-hybridized carbons (Fsp3) is 0.343. The molecule has 1 unspecified atom stereocenters. The summed E-state index contributed by atoms with van der Waals surface area (Å²) in [6.45, 7) is 2.55. The van der Waals surface area contributed by atoms with Gasteiger partial charge in [-0.1, -0.05) is 41.4 Å². The molecule has 4 aromatic rings. The zero-order valence-electron chi connectivity index (χ0n) is 26.8. The number of phenols is 1. The van der Waals surface area contributed by atoms with E-state index < -0.39 is 18.0 Å². The van der Waals surface area contributed by atoms with Crippen LogP contribution >= 0.6 is 34.5 Å². The van der Waals surface area contributed by atoms with Crippen molar-refractivity contribution in [3.8, 4) is 17.2 Å². The van der Waals surface area contributed by atoms with Crippen LogP contribution in [-0.2, 0) is 17.7 Å². The summed E-state index contributed by atoms with van der Waals surface area (Å²) in [5, 5.41) is 33.6. The van der Waals surface area contributed by atoms with Crippen LogP contribution in [0.25, 0.3) is 0 Å². The van der Waals surface area contributed by atoms with Gasteiger partial charge in [0.15, 0.2) is 23.9 Å². The van der Waals surface area contributed by atoms with Crippen LogP contribution < -0.4 is 19.1 Å². The normalized spacial score (nSPS) is 18.9. The maximum Gasteiger partial charge on any atom is 0.415 e. The fourth-order valence-corrected chi connectivity index (χ4v) is 8.35. The average molecular weight is 729 g/mol. The van der Waals surface area contributed by atoms with E-state index in [1.807, 2.05) is 0 Å². The van der Waals surface area contributed by atoms with Crippen LogP contribution in [-0.4, -0.2) is 67.1 Å². The van der Waals surface area contributed by atoms with Gasteiger partial charge < -0.3 is 29.6 Å². The second-order valence-corrected chi connectivity index (χ2v) is 14.1. The molecular formula is C35H35Cl2N3O8S. The fourth-order valence-electron chi connectivity index (χ4n) is 6.70. The minimum Gasteiger partial charge on any atom is -0.619 e. The third-order valence-electron chi connectivity index (χ3n) is 9.21. The van der Waals surface area contributed by atoms with E-state index in [9.17, 15) is 25.0 Å². The second kappa shape index (κ2) is 14.7. The zero-order valence-corrected chi connectivity index (χ0v) is 29.1. The first-order chi connectivity index (χ1) is 23.6. The number of thiophene rings is 1. The molecule has 2 aromatic heterocycles. The number of anilines is 1. The number of carbonyl (C=O) groups is 2. The number of aromatic carboxylic acids is 1. The number of carboxylic acids is 1. The van der Waals surface area contributed by atoms with Crippen LogP contribution in [0.5, 0.6) is 17.2 Å². The maximum atomic E-state index is 13.9. The Kier molecular flexibility index (Phi) is 10.4. The number of piperidine rings is 3. The van der Waals surface area contributed by atoms with Crippen molar-refractivity contribution < 1.29 is 38.7 Å². The summed E-state index contributed by atoms with van der Waals surface area (Å²) in [5.41, 5.74) is 1.81. The molecule has 14 heteroatoms. The van der Waals surface area contributed by atoms with Crippen LogP contribution in [0.2, 0.25) is 10.0 Å². The van der Waals surface area contributed by atoms with Crippen molar-refractivity contribution in [2.24, 2.45) is 5.92 Å². The molecular weight excluding hydrogens is 693 g/mol. The quantitative estimate of drug-likeness (QED) is 0.127. The van der Waals surface area contributed by atoms with Gasteiger partial charge in [-0.05, 0) is 79.7 Å². The van der Waals surface area contributed by atoms with Gasteiger partial charge in [0.2, 0.25) is 0 Å². The number of benzene rings is 2. The summed E-state index contributed by atoms with van der Waals surface area (Å²) >= 11 is 14.0. The maximum absolute atomic E-state index is 13.9. The molecule has 3 saturated heterocycles. The SMILES string of the molecule is COc1ccc(C(Cc2c(Cl)c[n+]([O-])cc2Cl)c2cc(CN(C(=O)O[C@H]3CN4CCC3CC4)c3ccccc3O)sc2C(=O)O)cc1OC. The van der Waals surface area contributed by atoms with E-state index in [0.29, 0.717) is 44.3 Å². The number of ether oxygens (including phenoxy) is 3. The minimum atomic E-state index is -1.16. The highest BCUT2D eigenvalue weighted by molar-refractivity contribution is 7.14. The number of nitrogens with zero attached hydrogens (tertiary/aromatic N) is 3. The number of aromatic hydroxyl groups is 1. The van der Waals surface area contributed by atoms with Crippen molar-refractivity contribution in [3.05, 3.63) is 103 Å². The van der Waals surface area contributed by atoms with Crippen molar-refractivity contribution in [3.63, 3.8) is 0 Å². The van der Waals surface area contributed by atoms with Gasteiger partial charge in [-0.25, -0.2) is 9.59 Å². The lowest BCUT2D eigenvalue weighted by atomic mass is 9.85. The molecule has 3 fully saturated rings. The highest BCUT2D eigenvalue weighted by Gasteiger charge is 2.38. The first-order valence-electron chi connectivity index (χ1n) is 15.7. The number of amides is 1. The molecule has 0 saturated carbocycles. The van der Waals surface area contributed by atoms with Crippen molar-refractivity contribution in [2.75, 3.05) is 38.8 Å². The number of para-hydroxylation sites is 2. The molecule has 2 bridgehead atoms. The number of aromatic nitrogens is 1. The van der Waals surface area contributed by atoms with Gasteiger partial charge in [-0.15, -0.1) is 11.3 Å². The van der Waals surface area contributed by atoms with E-state index in [0.717, 1.165) is 37.3 Å². The number of hydrogen-bond donors (Lipinski definition) is 2. The minimum absolute atomic E-state index is 0.0415. The molecule has 1 amide bonds. The van der Waals surface area contributed by atoms with Crippen LogP contribution in [0.15, 0.2) is 60.9 Å². The number of carbonyl (C=O) groups excluding carboxylic acids is 1. The lowest BCUT2D eigenvalue weighted by Gasteiger charge is -2.44. The summed E-state index contributed by atoms with van der Waals surface area (Å²) in [6, 6.07) is 13.5. The molecule has 11 nitrogen and oxygen atoms in total. The van der Waals surface area contributed by atoms with Crippen molar-refractivity contribution in [2.45, 2.75) is 37.8 Å². The number of fused-ring (bicyclic) bond motifs is 3. The van der Waals surface area contributed by atoms with E-state index in [1.54, 1.807) is 42.5 Å². The number of rotatable bonds is 11. The standard InChI is InChI=1S/C35H35Cl2N3O8S/c1-46-30-8-7-21(13-31(30)47-2)23(15-25-26(36)17-39(45)18-27(25)37)24-14-22(49-33(24)34(42)43)16-40(28-5-3-4-6-29(28)41)35(44)48-32-19-38-11-9-20(32)10-12-38/h3-8,13-14,17-18,20,23,32,41H,9-12,15-16,19H2,1-2H3,(H,42,43)/t23?,32-/m0/s1. The zero-order chi connectivity index (χ0) is 34.8. The van der Waals surface area contributed by atoms with E-state index in [-0.39, 0.29) is 51.3 Å². The lowest BCUT2D eigenvalue weighted by molar-refractivity contribution is -0.605. The van der Waals surface area contributed by atoms with Gasteiger partial charge in [-0.3, -0.25) is 9.80 Å². The lowest BCUT2D eigenvalue weighted by Crippen LogP contribution is -2.53. The Morgan fingerprint density at radius 1 is 1.06 bits per heavy atom. The third kappa shape index (κ3) is 7.37. The number of hydrogen-bond acceptors (Lipinski definition) is 9. The Morgan fingerprint density at radius 3 is 2.37 bits per heavy atom. The predicted octanol–water partition coefficient (Wildman–Crippen LogP) is 6.72. The second-order valence-electron chi connectivity index (χ2n) is 12.1. The van der Waals surface area contributed by atoms with Gasteiger partial charge in [0.05, 0.1) is 26.5 Å². The predicted molar refractivity (Wildman–Crippen MR) is 186 cm³/mol. The molecule has 0 aliphatic carbocycles. The van der Waals surface area contributed by atoms with E-state index >= 15 is 0 Å². The molecule has 49 heavy (non-hydrogen) atoms. The summed E-state index contributed by atoms with van der Waals surface area (Å²) in [4.78, 5) is 30.9. The molecule has 2 atom stereocenters. The Balaban J connectivity index is 1.41. The molecule has 7 rings (SSSR count). The average Bonchev–Trinajstić information content (AvgIpc) is 3.51. The Morgan fingerprint density at radius 2 is 1.76 bits per heavy atom. The van der Waals surface area contributed by atoms with Crippen LogP contribution in [0.1, 0.15) is 50.0 Å². The smallest absolute Gasteiger partial charge is 0.415 e. The summed E-state index contributed by atoms with van der Waals surface area (Å²) < 4.78 is 17.6. The van der Waals surface area contributed by atoms with Gasteiger partial charge in [0.25, 0.3) is 0 Å². The van der Waals surface area contributed by atoms with Gasteiger partial charge >= 0.3 is 12.1 Å². The van der Waals surface area contributed by atoms with E-state index in [1.165, 1.54) is 37.6 Å². The molecule has 3 aliphatic heterocycles. The number of carboxylic acid groups (broad SMARTS) is 1. The topological polar surface area (TPSA) is 136 Å². The molecule has 5 heterocycles. The Labute approximate surface area is 297 Å². The van der Waals surface area contributed by atoms with Gasteiger partial charge in [0, 0.05) is 22.9 Å². The first kappa shape index (κ1) is 34.6. The van der Waals surface area contributed by atoms with E-state index in [2.05, 4.69) is 4.90 Å². The van der Waals surface area contributed by atoms with Crippen molar-refractivity contribution in [1.29, 1.82) is 0 Å². The van der Waals surface area contributed by atoms with Crippen molar-refractivity contribution >= 4 is 52.3 Å². The number of phenolic OH excluding ortho intramolecular Hbond substituents is 1. The number of pyridine rings is 1. The molecule has 2 N–H and O–H groups in total. The highest BCUT2D eigenvalue weighted by atomic mass is 35.5. The Bertz CT molecular complexity index is 1840. The van der Waals surface area contributed by atoms with Gasteiger partial charge in [0.1, 0.15) is 26.8 Å². The largest absolute Gasteiger partial charge is 0.619 e. The van der Waals surface area contributed by atoms with Crippen LogP contribution in [0.4, 0.5) is 10.5 Å². The molecule has 258 valence electrons. The van der Waals surface area contributed by atoms with E-state index in [4.69, 9.17) is 37.4 Å². The third-order valence-corrected chi connectivity index (χ3v) is 11.0. The van der Waals surface area contributed by atoms with Crippen LogP contribution in [0.3, 0.4) is 0 Å². The first-order valence-corrected chi connectivity index (χ1v) is 17.3. The summed E-state index contributed by atoms with van der Waals surface area (Å²) in [7, 11) is 3.02. The monoisotopic (exact) mass is 727 g/mol. The number of methoxy groups -OCH3 is 2.